The van der Waals surface area contributed by atoms with Crippen LogP contribution in [0.5, 0.6) is 0 Å². The molecule has 0 saturated carbocycles. The third-order valence-corrected chi connectivity index (χ3v) is 2.82. The highest BCUT2D eigenvalue weighted by molar-refractivity contribution is 7.78. The van der Waals surface area contributed by atoms with E-state index < -0.39 is 23.9 Å². The minimum absolute atomic E-state index is 0.105. The lowest BCUT2D eigenvalue weighted by Crippen LogP contribution is -2.49. The highest BCUT2D eigenvalue weighted by Gasteiger charge is 2.37. The quantitative estimate of drug-likeness (QED) is 0.653. The number of carbonyl (C=O) groups is 2. The van der Waals surface area contributed by atoms with Gasteiger partial charge in [0.15, 0.2) is 5.79 Å². The topological polar surface area (TPSA) is 102 Å². The van der Waals surface area contributed by atoms with Crippen LogP contribution in [0.1, 0.15) is 26.7 Å². The van der Waals surface area contributed by atoms with Crippen LogP contribution in [0.15, 0.2) is 0 Å². The number of carboxylic acid groups (broad SMARTS) is 1. The number of urea groups is 1. The van der Waals surface area contributed by atoms with Gasteiger partial charge in [0.1, 0.15) is 0 Å². The lowest BCUT2D eigenvalue weighted by molar-refractivity contribution is -0.299. The summed E-state index contributed by atoms with van der Waals surface area (Å²) in [5, 5.41) is 8.77. The van der Waals surface area contributed by atoms with Crippen LogP contribution in [0.3, 0.4) is 0 Å². The normalized spacial score (nSPS) is 26.6. The lowest BCUT2D eigenvalue weighted by Gasteiger charge is -2.41. The molecule has 0 bridgehead atoms. The number of hydrogen-bond donors (Lipinski definition) is 3. The first-order valence-corrected chi connectivity index (χ1v) is 5.93. The molecule has 1 saturated heterocycles. The van der Waals surface area contributed by atoms with Crippen LogP contribution in [0, 0.1) is 0 Å². The first-order chi connectivity index (χ1) is 8.19. The largest absolute Gasteiger partial charge is 0.481 e. The Labute approximate surface area is 111 Å². The van der Waals surface area contributed by atoms with E-state index in [0.29, 0.717) is 6.42 Å². The van der Waals surface area contributed by atoms with Crippen LogP contribution in [-0.2, 0) is 14.3 Å². The summed E-state index contributed by atoms with van der Waals surface area (Å²) in [6.45, 7) is 3.57. The van der Waals surface area contributed by atoms with Crippen molar-refractivity contribution < 1.29 is 24.2 Å². The highest BCUT2D eigenvalue weighted by atomic mass is 32.1. The number of rotatable bonds is 4. The van der Waals surface area contributed by atoms with Crippen molar-refractivity contribution in [1.29, 1.82) is 0 Å². The summed E-state index contributed by atoms with van der Waals surface area (Å²) in [5.41, 5.74) is 5.07. The molecule has 1 heterocycles. The Bertz CT molecular complexity index is 336. The van der Waals surface area contributed by atoms with E-state index in [2.05, 4.69) is 12.8 Å². The number of amides is 2. The summed E-state index contributed by atoms with van der Waals surface area (Å²) in [5.74, 6) is -1.83. The van der Waals surface area contributed by atoms with Gasteiger partial charge in [-0.25, -0.2) is 4.79 Å². The molecule has 0 aromatic rings. The van der Waals surface area contributed by atoms with Crippen LogP contribution in [0.2, 0.25) is 0 Å². The standard InChI is InChI=1S/C10H18N2O5S/c1-10(2)16-6(4-8(13)14)3-7(17-10)5-12(18)9(11)15/h6-7,18H,3-5H2,1-2H3,(H2,11,15)(H,13,14)/t6?,7-/m0/s1. The van der Waals surface area contributed by atoms with Gasteiger partial charge in [0, 0.05) is 6.42 Å². The predicted molar refractivity (Wildman–Crippen MR) is 66.0 cm³/mol. The molecule has 0 aliphatic carbocycles. The number of ether oxygens (including phenoxy) is 2. The van der Waals surface area contributed by atoms with Gasteiger partial charge >= 0.3 is 12.0 Å². The molecule has 0 radical (unpaired) electrons. The Balaban J connectivity index is 2.63. The fraction of sp³-hybridized carbons (Fsp3) is 0.800. The van der Waals surface area contributed by atoms with Crippen molar-refractivity contribution in [1.82, 2.24) is 4.31 Å². The number of nitrogens with two attached hydrogens (primary N) is 1. The molecule has 8 heteroatoms. The Morgan fingerprint density at radius 3 is 2.50 bits per heavy atom. The van der Waals surface area contributed by atoms with Gasteiger partial charge in [-0.05, 0) is 13.8 Å². The van der Waals surface area contributed by atoms with Crippen LogP contribution in [-0.4, -0.2) is 46.0 Å². The molecular weight excluding hydrogens is 260 g/mol. The number of carboxylic acids is 1. The zero-order valence-corrected chi connectivity index (χ0v) is 11.2. The summed E-state index contributed by atoms with van der Waals surface area (Å²) in [6, 6.07) is -0.680. The fourth-order valence-corrected chi connectivity index (χ4v) is 2.12. The van der Waals surface area contributed by atoms with Crippen LogP contribution in [0.25, 0.3) is 0 Å². The molecule has 1 unspecified atom stereocenters. The minimum Gasteiger partial charge on any atom is -0.481 e. The van der Waals surface area contributed by atoms with E-state index in [9.17, 15) is 9.59 Å². The monoisotopic (exact) mass is 278 g/mol. The van der Waals surface area contributed by atoms with Gasteiger partial charge in [-0.1, -0.05) is 12.8 Å². The molecule has 1 aliphatic rings. The first kappa shape index (κ1) is 15.1. The zero-order chi connectivity index (χ0) is 13.9. The van der Waals surface area contributed by atoms with Crippen molar-refractivity contribution in [3.05, 3.63) is 0 Å². The van der Waals surface area contributed by atoms with Crippen molar-refractivity contribution in [2.75, 3.05) is 6.54 Å². The van der Waals surface area contributed by atoms with Crippen LogP contribution in [0.4, 0.5) is 4.79 Å². The van der Waals surface area contributed by atoms with Gasteiger partial charge in [0.05, 0.1) is 25.2 Å². The second-order valence-corrected chi connectivity index (χ2v) is 5.12. The van der Waals surface area contributed by atoms with E-state index in [1.807, 2.05) is 0 Å². The molecule has 18 heavy (non-hydrogen) atoms. The SMILES string of the molecule is CC1(C)OC(CC(=O)O)C[C@@H](CN(S)C(N)=O)O1. The van der Waals surface area contributed by atoms with E-state index in [1.165, 1.54) is 0 Å². The van der Waals surface area contributed by atoms with E-state index in [-0.39, 0.29) is 19.1 Å². The minimum atomic E-state index is -0.936. The third-order valence-electron chi connectivity index (χ3n) is 2.46. The Hall–Kier alpha value is -0.990. The molecule has 2 atom stereocenters. The van der Waals surface area contributed by atoms with Gasteiger partial charge in [-0.3, -0.25) is 9.10 Å². The lowest BCUT2D eigenvalue weighted by atomic mass is 10.1. The van der Waals surface area contributed by atoms with Crippen molar-refractivity contribution in [2.45, 2.75) is 44.7 Å². The van der Waals surface area contributed by atoms with Gasteiger partial charge in [-0.15, -0.1) is 0 Å². The molecule has 104 valence electrons. The maximum Gasteiger partial charge on any atom is 0.324 e. The predicted octanol–water partition coefficient (Wildman–Crippen LogP) is 0.597. The summed E-state index contributed by atoms with van der Waals surface area (Å²) < 4.78 is 12.1. The van der Waals surface area contributed by atoms with Crippen molar-refractivity contribution in [3.8, 4) is 0 Å². The number of primary amides is 1. The van der Waals surface area contributed by atoms with Gasteiger partial charge in [0.25, 0.3) is 0 Å². The van der Waals surface area contributed by atoms with Crippen molar-refractivity contribution >= 4 is 24.8 Å². The fourth-order valence-electron chi connectivity index (χ4n) is 1.93. The Kier molecular flexibility index (Phi) is 4.83. The summed E-state index contributed by atoms with van der Waals surface area (Å²) in [7, 11) is 0. The Morgan fingerprint density at radius 1 is 1.44 bits per heavy atom. The number of nitrogens with zero attached hydrogens (tertiary/aromatic N) is 1. The zero-order valence-electron chi connectivity index (χ0n) is 10.3. The van der Waals surface area contributed by atoms with Gasteiger partial charge in [-0.2, -0.15) is 0 Å². The molecule has 1 fully saturated rings. The van der Waals surface area contributed by atoms with E-state index in [4.69, 9.17) is 20.3 Å². The summed E-state index contributed by atoms with van der Waals surface area (Å²) >= 11 is 3.91. The molecule has 7 nitrogen and oxygen atoms in total. The maximum atomic E-state index is 10.9. The average Bonchev–Trinajstić information content (AvgIpc) is 2.12. The van der Waals surface area contributed by atoms with E-state index in [0.717, 1.165) is 4.31 Å². The van der Waals surface area contributed by atoms with Gasteiger partial charge in [0.2, 0.25) is 0 Å². The average molecular weight is 278 g/mol. The number of hydrogen-bond acceptors (Lipinski definition) is 5. The third kappa shape index (κ3) is 4.71. The maximum absolute atomic E-state index is 10.9. The molecule has 1 rings (SSSR count). The number of carbonyl (C=O) groups excluding carboxylic acids is 1. The molecular formula is C10H18N2O5S. The molecule has 0 spiro atoms. The molecule has 2 amide bonds. The molecule has 0 aromatic carbocycles. The second-order valence-electron chi connectivity index (χ2n) is 4.63. The van der Waals surface area contributed by atoms with E-state index in [1.54, 1.807) is 13.8 Å². The number of thiol groups is 1. The summed E-state index contributed by atoms with van der Waals surface area (Å²) in [6.07, 6.45) is -0.541. The smallest absolute Gasteiger partial charge is 0.324 e. The van der Waals surface area contributed by atoms with Gasteiger partial charge < -0.3 is 20.3 Å². The van der Waals surface area contributed by atoms with E-state index >= 15 is 0 Å². The number of aliphatic carboxylic acids is 1. The van der Waals surface area contributed by atoms with Crippen LogP contribution >= 0.6 is 12.8 Å². The molecule has 0 aromatic heterocycles. The van der Waals surface area contributed by atoms with Crippen molar-refractivity contribution in [2.24, 2.45) is 5.73 Å². The van der Waals surface area contributed by atoms with Crippen LogP contribution < -0.4 is 5.73 Å². The molecule has 1 aliphatic heterocycles. The van der Waals surface area contributed by atoms with Crippen molar-refractivity contribution in [3.63, 3.8) is 0 Å². The molecule has 3 N–H and O–H groups in total. The summed E-state index contributed by atoms with van der Waals surface area (Å²) in [4.78, 5) is 21.6. The Morgan fingerprint density at radius 2 is 2.00 bits per heavy atom. The highest BCUT2D eigenvalue weighted by Crippen LogP contribution is 2.28. The first-order valence-electron chi connectivity index (χ1n) is 5.53. The second kappa shape index (κ2) is 5.77.